The van der Waals surface area contributed by atoms with E-state index in [4.69, 9.17) is 10.5 Å². The Bertz CT molecular complexity index is 273. The number of carbonyl (C=O) groups excluding carboxylic acids is 1. The molecule has 4 heteroatoms. The number of methoxy groups -OCH3 is 1. The van der Waals surface area contributed by atoms with Gasteiger partial charge < -0.3 is 15.8 Å². The van der Waals surface area contributed by atoms with Crippen LogP contribution in [0.3, 0.4) is 0 Å². The lowest BCUT2D eigenvalue weighted by Gasteiger charge is -2.30. The summed E-state index contributed by atoms with van der Waals surface area (Å²) in [6, 6.07) is 0. The van der Waals surface area contributed by atoms with Crippen molar-refractivity contribution in [3.8, 4) is 0 Å². The molecular weight excluding hydrogens is 228 g/mol. The quantitative estimate of drug-likeness (QED) is 0.784. The standard InChI is InChI=1S/C14H28N2O2/c1-14(2,3)12(18-4)9-16-13(17)11-7-5-6-10(11)8-15/h10-12H,5-9,15H2,1-4H3,(H,16,17)/t10-,11-,12?/m1/s1. The maximum absolute atomic E-state index is 12.1. The molecule has 0 saturated heterocycles. The second-order valence-corrected chi connectivity index (χ2v) is 6.37. The number of ether oxygens (including phenoxy) is 1. The SMILES string of the molecule is COC(CNC(=O)[C@@H]1CCC[C@@H]1CN)C(C)(C)C. The summed E-state index contributed by atoms with van der Waals surface area (Å²) in [5.74, 6) is 0.613. The van der Waals surface area contributed by atoms with Gasteiger partial charge in [0, 0.05) is 19.6 Å². The predicted molar refractivity (Wildman–Crippen MR) is 73.1 cm³/mol. The topological polar surface area (TPSA) is 64.3 Å². The Hall–Kier alpha value is -0.610. The van der Waals surface area contributed by atoms with E-state index in [1.807, 2.05) is 0 Å². The van der Waals surface area contributed by atoms with E-state index in [0.717, 1.165) is 19.3 Å². The lowest BCUT2D eigenvalue weighted by Crippen LogP contribution is -2.43. The molecule has 0 aliphatic heterocycles. The number of rotatable bonds is 5. The minimum absolute atomic E-state index is 0.0327. The van der Waals surface area contributed by atoms with Crippen molar-refractivity contribution in [2.45, 2.75) is 46.1 Å². The van der Waals surface area contributed by atoms with Crippen molar-refractivity contribution in [1.82, 2.24) is 5.32 Å². The molecule has 1 aliphatic carbocycles. The maximum Gasteiger partial charge on any atom is 0.223 e. The molecule has 106 valence electrons. The van der Waals surface area contributed by atoms with Crippen LogP contribution in [-0.4, -0.2) is 32.2 Å². The maximum atomic E-state index is 12.1. The molecule has 0 aromatic carbocycles. The Labute approximate surface area is 111 Å². The Balaban J connectivity index is 2.45. The third-order valence-corrected chi connectivity index (χ3v) is 4.01. The van der Waals surface area contributed by atoms with E-state index in [0.29, 0.717) is 19.0 Å². The van der Waals surface area contributed by atoms with Crippen LogP contribution in [0.25, 0.3) is 0 Å². The number of hydrogen-bond donors (Lipinski definition) is 2. The van der Waals surface area contributed by atoms with E-state index in [1.54, 1.807) is 7.11 Å². The van der Waals surface area contributed by atoms with Gasteiger partial charge in [-0.15, -0.1) is 0 Å². The molecule has 1 rings (SSSR count). The molecule has 0 spiro atoms. The molecule has 0 heterocycles. The fourth-order valence-electron chi connectivity index (χ4n) is 2.73. The molecule has 0 aromatic rings. The highest BCUT2D eigenvalue weighted by molar-refractivity contribution is 5.79. The van der Waals surface area contributed by atoms with Gasteiger partial charge in [-0.05, 0) is 30.7 Å². The molecule has 1 amide bonds. The van der Waals surface area contributed by atoms with Gasteiger partial charge in [0.25, 0.3) is 0 Å². The van der Waals surface area contributed by atoms with Gasteiger partial charge in [-0.3, -0.25) is 4.79 Å². The first kappa shape index (κ1) is 15.4. The predicted octanol–water partition coefficient (Wildman–Crippen LogP) is 1.54. The van der Waals surface area contributed by atoms with Crippen molar-refractivity contribution < 1.29 is 9.53 Å². The van der Waals surface area contributed by atoms with Gasteiger partial charge in [-0.1, -0.05) is 27.2 Å². The van der Waals surface area contributed by atoms with Crippen LogP contribution in [0.2, 0.25) is 0 Å². The summed E-state index contributed by atoms with van der Waals surface area (Å²) in [4.78, 5) is 12.1. The van der Waals surface area contributed by atoms with Gasteiger partial charge in [-0.2, -0.15) is 0 Å². The molecule has 1 saturated carbocycles. The monoisotopic (exact) mass is 256 g/mol. The fourth-order valence-corrected chi connectivity index (χ4v) is 2.73. The van der Waals surface area contributed by atoms with Crippen molar-refractivity contribution in [2.75, 3.05) is 20.2 Å². The van der Waals surface area contributed by atoms with Gasteiger partial charge in [0.2, 0.25) is 5.91 Å². The number of carbonyl (C=O) groups is 1. The molecule has 3 N–H and O–H groups in total. The minimum atomic E-state index is 0.0327. The Morgan fingerprint density at radius 1 is 1.44 bits per heavy atom. The Morgan fingerprint density at radius 2 is 2.11 bits per heavy atom. The highest BCUT2D eigenvalue weighted by Crippen LogP contribution is 2.31. The second kappa shape index (κ2) is 6.53. The Kier molecular flexibility index (Phi) is 5.60. The molecule has 4 nitrogen and oxygen atoms in total. The van der Waals surface area contributed by atoms with E-state index in [1.165, 1.54) is 0 Å². The molecule has 1 unspecified atom stereocenters. The number of nitrogens with one attached hydrogen (secondary N) is 1. The molecule has 1 aliphatic rings. The summed E-state index contributed by atoms with van der Waals surface area (Å²) in [6.45, 7) is 7.54. The molecular formula is C14H28N2O2. The zero-order valence-electron chi connectivity index (χ0n) is 12.2. The van der Waals surface area contributed by atoms with Crippen LogP contribution in [-0.2, 0) is 9.53 Å². The second-order valence-electron chi connectivity index (χ2n) is 6.37. The average Bonchev–Trinajstić information content (AvgIpc) is 2.75. The fraction of sp³-hybridized carbons (Fsp3) is 0.929. The van der Waals surface area contributed by atoms with Crippen LogP contribution in [0, 0.1) is 17.3 Å². The molecule has 0 aromatic heterocycles. The van der Waals surface area contributed by atoms with Crippen molar-refractivity contribution in [3.63, 3.8) is 0 Å². The average molecular weight is 256 g/mol. The zero-order valence-corrected chi connectivity index (χ0v) is 12.2. The third kappa shape index (κ3) is 3.95. The summed E-state index contributed by atoms with van der Waals surface area (Å²) in [5.41, 5.74) is 5.74. The smallest absolute Gasteiger partial charge is 0.223 e. The first-order valence-corrected chi connectivity index (χ1v) is 6.90. The lowest BCUT2D eigenvalue weighted by molar-refractivity contribution is -0.127. The van der Waals surface area contributed by atoms with Gasteiger partial charge in [0.1, 0.15) is 0 Å². The van der Waals surface area contributed by atoms with Gasteiger partial charge in [0.15, 0.2) is 0 Å². The number of amides is 1. The van der Waals surface area contributed by atoms with Crippen LogP contribution in [0.1, 0.15) is 40.0 Å². The Morgan fingerprint density at radius 3 is 2.61 bits per heavy atom. The molecule has 3 atom stereocenters. The number of nitrogens with two attached hydrogens (primary N) is 1. The van der Waals surface area contributed by atoms with Crippen molar-refractivity contribution >= 4 is 5.91 Å². The van der Waals surface area contributed by atoms with Crippen molar-refractivity contribution in [2.24, 2.45) is 23.0 Å². The van der Waals surface area contributed by atoms with E-state index < -0.39 is 0 Å². The van der Waals surface area contributed by atoms with Crippen LogP contribution >= 0.6 is 0 Å². The summed E-state index contributed by atoms with van der Waals surface area (Å²) in [5, 5.41) is 3.03. The zero-order chi connectivity index (χ0) is 13.8. The first-order chi connectivity index (χ1) is 8.40. The summed E-state index contributed by atoms with van der Waals surface area (Å²) >= 11 is 0. The van der Waals surface area contributed by atoms with Crippen molar-refractivity contribution in [1.29, 1.82) is 0 Å². The van der Waals surface area contributed by atoms with Crippen LogP contribution in [0.15, 0.2) is 0 Å². The van der Waals surface area contributed by atoms with E-state index in [-0.39, 0.29) is 23.3 Å². The molecule has 1 fully saturated rings. The molecule has 18 heavy (non-hydrogen) atoms. The summed E-state index contributed by atoms with van der Waals surface area (Å²) in [7, 11) is 1.69. The van der Waals surface area contributed by atoms with Gasteiger partial charge in [-0.25, -0.2) is 0 Å². The number of hydrogen-bond acceptors (Lipinski definition) is 3. The molecule has 0 radical (unpaired) electrons. The summed E-state index contributed by atoms with van der Waals surface area (Å²) in [6.07, 6.45) is 3.22. The summed E-state index contributed by atoms with van der Waals surface area (Å²) < 4.78 is 5.44. The van der Waals surface area contributed by atoms with E-state index >= 15 is 0 Å². The minimum Gasteiger partial charge on any atom is -0.379 e. The van der Waals surface area contributed by atoms with E-state index in [9.17, 15) is 4.79 Å². The van der Waals surface area contributed by atoms with Crippen molar-refractivity contribution in [3.05, 3.63) is 0 Å². The van der Waals surface area contributed by atoms with E-state index in [2.05, 4.69) is 26.1 Å². The lowest BCUT2D eigenvalue weighted by atomic mass is 9.88. The normalized spacial score (nSPS) is 26.1. The van der Waals surface area contributed by atoms with Crippen LogP contribution in [0.4, 0.5) is 0 Å². The first-order valence-electron chi connectivity index (χ1n) is 6.90. The van der Waals surface area contributed by atoms with Crippen LogP contribution in [0.5, 0.6) is 0 Å². The van der Waals surface area contributed by atoms with Crippen LogP contribution < -0.4 is 11.1 Å². The molecule has 0 bridgehead atoms. The highest BCUT2D eigenvalue weighted by atomic mass is 16.5. The van der Waals surface area contributed by atoms with Gasteiger partial charge >= 0.3 is 0 Å². The largest absolute Gasteiger partial charge is 0.379 e. The van der Waals surface area contributed by atoms with Gasteiger partial charge in [0.05, 0.1) is 6.10 Å². The highest BCUT2D eigenvalue weighted by Gasteiger charge is 2.33. The third-order valence-electron chi connectivity index (χ3n) is 4.01.